The van der Waals surface area contributed by atoms with Crippen molar-refractivity contribution in [3.05, 3.63) is 36.2 Å². The highest BCUT2D eigenvalue weighted by atomic mass is 16.6. The maximum absolute atomic E-state index is 13.4. The number of nitrogens with zero attached hydrogens (tertiary/aromatic N) is 6. The number of piperidine rings is 1. The normalized spacial score (nSPS) is 16.1. The summed E-state index contributed by atoms with van der Waals surface area (Å²) in [6, 6.07) is 5.48. The van der Waals surface area contributed by atoms with Crippen molar-refractivity contribution < 1.29 is 19.1 Å². The number of likely N-dealkylation sites (tertiary alicyclic amines) is 1. The number of aromatic nitrogens is 5. The van der Waals surface area contributed by atoms with Gasteiger partial charge in [0.25, 0.3) is 5.91 Å². The van der Waals surface area contributed by atoms with E-state index in [1.54, 1.807) is 36.5 Å². The molecule has 0 unspecified atom stereocenters. The first-order chi connectivity index (χ1) is 16.9. The number of fused-ring (bicyclic) bond motifs is 2. The Labute approximate surface area is 201 Å². The lowest BCUT2D eigenvalue weighted by Crippen LogP contribution is -2.44. The van der Waals surface area contributed by atoms with Gasteiger partial charge in [-0.1, -0.05) is 0 Å². The minimum atomic E-state index is -0.830. The van der Waals surface area contributed by atoms with Crippen LogP contribution in [0.25, 0.3) is 33.7 Å². The summed E-state index contributed by atoms with van der Waals surface area (Å²) in [4.78, 5) is 40.0. The third kappa shape index (κ3) is 3.92. The van der Waals surface area contributed by atoms with Crippen LogP contribution in [0.15, 0.2) is 30.6 Å². The van der Waals surface area contributed by atoms with Crippen LogP contribution < -0.4 is 10.5 Å². The van der Waals surface area contributed by atoms with Crippen molar-refractivity contribution in [3.8, 4) is 17.3 Å². The largest absolute Gasteiger partial charge is 0.494 e. The number of methoxy groups -OCH3 is 1. The molecule has 2 N–H and O–H groups in total. The van der Waals surface area contributed by atoms with E-state index in [1.807, 2.05) is 24.6 Å². The van der Waals surface area contributed by atoms with E-state index >= 15 is 0 Å². The molecule has 0 aliphatic carbocycles. The van der Waals surface area contributed by atoms with Gasteiger partial charge in [-0.25, -0.2) is 14.8 Å². The quantitative estimate of drug-likeness (QED) is 0.468. The molecule has 11 heteroatoms. The van der Waals surface area contributed by atoms with Gasteiger partial charge in [0.05, 0.1) is 24.9 Å². The summed E-state index contributed by atoms with van der Waals surface area (Å²) in [5.41, 5.74) is 9.50. The number of benzene rings is 1. The van der Waals surface area contributed by atoms with Gasteiger partial charge in [-0.15, -0.1) is 0 Å². The van der Waals surface area contributed by atoms with Crippen LogP contribution in [0, 0.1) is 0 Å². The molecule has 1 saturated heterocycles. The number of carbonyl (C=O) groups is 2. The van der Waals surface area contributed by atoms with Gasteiger partial charge in [-0.2, -0.15) is 0 Å². The number of nitrogens with two attached hydrogens (primary N) is 1. The van der Waals surface area contributed by atoms with Gasteiger partial charge >= 0.3 is 6.09 Å². The fourth-order valence-electron chi connectivity index (χ4n) is 4.86. The van der Waals surface area contributed by atoms with Gasteiger partial charge < -0.3 is 29.2 Å². The molecule has 182 valence electrons. The van der Waals surface area contributed by atoms with E-state index in [4.69, 9.17) is 20.2 Å². The van der Waals surface area contributed by atoms with E-state index in [1.165, 1.54) is 0 Å². The Hall–Kier alpha value is -4.15. The summed E-state index contributed by atoms with van der Waals surface area (Å²) in [6.07, 6.45) is 3.50. The van der Waals surface area contributed by atoms with Crippen LogP contribution in [0.4, 0.5) is 4.79 Å². The standard InChI is InChI=1S/C24H27N7O4/c1-4-31-18(12-17-21(31)27-8-7-26-17)22-28-16-10-14(11-19(34-3)20(16)29(22)2)23(32)30-9-5-6-15(13-30)35-24(25)33/h7-8,10-12,15H,4-6,9,13H2,1-3H3,(H2,25,33)/t15-/m1/s1. The zero-order valence-electron chi connectivity index (χ0n) is 19.9. The minimum absolute atomic E-state index is 0.175. The predicted octanol–water partition coefficient (Wildman–Crippen LogP) is 2.71. The van der Waals surface area contributed by atoms with Crippen molar-refractivity contribution in [2.45, 2.75) is 32.4 Å². The second-order valence-corrected chi connectivity index (χ2v) is 8.53. The highest BCUT2D eigenvalue weighted by Crippen LogP contribution is 2.34. The molecule has 0 bridgehead atoms. The highest BCUT2D eigenvalue weighted by Gasteiger charge is 2.28. The minimum Gasteiger partial charge on any atom is -0.494 e. The Balaban J connectivity index is 1.56. The molecule has 4 aromatic rings. The number of primary amides is 1. The average Bonchev–Trinajstić information content (AvgIpc) is 3.39. The third-order valence-electron chi connectivity index (χ3n) is 6.42. The molecule has 4 heterocycles. The van der Waals surface area contributed by atoms with E-state index in [0.29, 0.717) is 42.9 Å². The number of carbonyl (C=O) groups excluding carboxylic acids is 2. The van der Waals surface area contributed by atoms with Gasteiger partial charge in [0.1, 0.15) is 22.9 Å². The summed E-state index contributed by atoms with van der Waals surface area (Å²) in [6.45, 7) is 3.62. The number of hydrogen-bond acceptors (Lipinski definition) is 7. The van der Waals surface area contributed by atoms with E-state index < -0.39 is 12.2 Å². The molecule has 3 aromatic heterocycles. The topological polar surface area (TPSA) is 130 Å². The zero-order valence-corrected chi connectivity index (χ0v) is 19.9. The SMILES string of the molecule is CCn1c(-c2nc3cc(C(=O)N4CCC[C@@H](OC(N)=O)C4)cc(OC)c3n2C)cc2nccnc21. The molecule has 0 radical (unpaired) electrons. The van der Waals surface area contributed by atoms with Crippen molar-refractivity contribution >= 4 is 34.2 Å². The molecule has 2 amide bonds. The molecule has 0 spiro atoms. The number of amides is 2. The van der Waals surface area contributed by atoms with Gasteiger partial charge in [-0.05, 0) is 38.0 Å². The van der Waals surface area contributed by atoms with Crippen molar-refractivity contribution in [2.24, 2.45) is 12.8 Å². The van der Waals surface area contributed by atoms with Gasteiger partial charge in [-0.3, -0.25) is 9.78 Å². The maximum Gasteiger partial charge on any atom is 0.404 e. The molecule has 11 nitrogen and oxygen atoms in total. The summed E-state index contributed by atoms with van der Waals surface area (Å²) < 4.78 is 14.8. The first-order valence-corrected chi connectivity index (χ1v) is 11.5. The summed E-state index contributed by atoms with van der Waals surface area (Å²) in [5.74, 6) is 1.09. The lowest BCUT2D eigenvalue weighted by atomic mass is 10.1. The molecule has 1 fully saturated rings. The van der Waals surface area contributed by atoms with Crippen LogP contribution in [0.1, 0.15) is 30.1 Å². The van der Waals surface area contributed by atoms with Crippen LogP contribution >= 0.6 is 0 Å². The smallest absolute Gasteiger partial charge is 0.404 e. The predicted molar refractivity (Wildman–Crippen MR) is 129 cm³/mol. The molecule has 0 saturated carbocycles. The van der Waals surface area contributed by atoms with Crippen molar-refractivity contribution in [2.75, 3.05) is 20.2 Å². The van der Waals surface area contributed by atoms with Crippen LogP contribution in [-0.4, -0.2) is 67.3 Å². The Morgan fingerprint density at radius 2 is 1.97 bits per heavy atom. The summed E-state index contributed by atoms with van der Waals surface area (Å²) in [5, 5.41) is 0. The number of rotatable bonds is 5. The molecule has 1 aromatic carbocycles. The fraction of sp³-hybridized carbons (Fsp3) is 0.375. The average molecular weight is 478 g/mol. The van der Waals surface area contributed by atoms with Crippen LogP contribution in [0.2, 0.25) is 0 Å². The van der Waals surface area contributed by atoms with E-state index in [9.17, 15) is 9.59 Å². The molecule has 35 heavy (non-hydrogen) atoms. The van der Waals surface area contributed by atoms with Crippen molar-refractivity contribution in [3.63, 3.8) is 0 Å². The van der Waals surface area contributed by atoms with Crippen molar-refractivity contribution in [1.29, 1.82) is 0 Å². The van der Waals surface area contributed by atoms with E-state index in [-0.39, 0.29) is 5.91 Å². The van der Waals surface area contributed by atoms with Crippen LogP contribution in [0.5, 0.6) is 5.75 Å². The number of aryl methyl sites for hydroxylation is 2. The Morgan fingerprint density at radius 1 is 1.17 bits per heavy atom. The molecular formula is C24H27N7O4. The summed E-state index contributed by atoms with van der Waals surface area (Å²) >= 11 is 0. The first-order valence-electron chi connectivity index (χ1n) is 11.5. The van der Waals surface area contributed by atoms with Crippen LogP contribution in [-0.2, 0) is 18.3 Å². The van der Waals surface area contributed by atoms with Crippen molar-refractivity contribution in [1.82, 2.24) is 29.0 Å². The van der Waals surface area contributed by atoms with Gasteiger partial charge in [0, 0.05) is 38.1 Å². The highest BCUT2D eigenvalue weighted by molar-refractivity contribution is 6.00. The van der Waals surface area contributed by atoms with Gasteiger partial charge in [0.15, 0.2) is 11.5 Å². The lowest BCUT2D eigenvalue weighted by molar-refractivity contribution is 0.0373. The van der Waals surface area contributed by atoms with Gasteiger partial charge in [0.2, 0.25) is 0 Å². The van der Waals surface area contributed by atoms with E-state index in [0.717, 1.165) is 34.6 Å². The van der Waals surface area contributed by atoms with E-state index in [2.05, 4.69) is 14.5 Å². The third-order valence-corrected chi connectivity index (χ3v) is 6.42. The summed E-state index contributed by atoms with van der Waals surface area (Å²) in [7, 11) is 3.49. The molecule has 1 atom stereocenters. The maximum atomic E-state index is 13.4. The Bertz CT molecular complexity index is 1440. The second kappa shape index (κ2) is 8.90. The second-order valence-electron chi connectivity index (χ2n) is 8.53. The number of ether oxygens (including phenoxy) is 2. The van der Waals surface area contributed by atoms with Crippen LogP contribution in [0.3, 0.4) is 0 Å². The Kier molecular flexibility index (Phi) is 5.75. The molecule has 1 aliphatic rings. The monoisotopic (exact) mass is 477 g/mol. The number of imidazole rings is 1. The number of hydrogen-bond donors (Lipinski definition) is 1. The lowest BCUT2D eigenvalue weighted by Gasteiger charge is -2.32. The molecule has 5 rings (SSSR count). The first kappa shape index (κ1) is 22.6. The molecular weight excluding hydrogens is 450 g/mol. The zero-order chi connectivity index (χ0) is 24.7. The molecule has 1 aliphatic heterocycles. The Morgan fingerprint density at radius 3 is 2.71 bits per heavy atom. The fourth-order valence-corrected chi connectivity index (χ4v) is 4.86.